The molecule has 1 saturated heterocycles. The molecule has 1 aromatic rings. The van der Waals surface area contributed by atoms with Crippen molar-refractivity contribution >= 4 is 5.91 Å². The van der Waals surface area contributed by atoms with E-state index in [1.807, 2.05) is 0 Å². The van der Waals surface area contributed by atoms with Crippen LogP contribution in [0.2, 0.25) is 0 Å². The number of nitrogens with two attached hydrogens (primary N) is 1. The number of amides is 1. The Labute approximate surface area is 112 Å². The van der Waals surface area contributed by atoms with Gasteiger partial charge in [-0.1, -0.05) is 0 Å². The van der Waals surface area contributed by atoms with Gasteiger partial charge in [0.05, 0.1) is 0 Å². The number of primary amides is 1. The topological polar surface area (TPSA) is 58.4 Å². The summed E-state index contributed by atoms with van der Waals surface area (Å²) in [5.74, 6) is -0.814. The second-order valence-electron chi connectivity index (χ2n) is 5.20. The standard InChI is InChI=1S/C14H20FN3O/c1-9-6-17-7-10(2)18(9)8-12-5-11(14(16)19)3-4-13(12)15/h3-5,9-10,17H,6-8H2,1-2H3,(H2,16,19). The minimum atomic E-state index is -0.525. The van der Waals surface area contributed by atoms with Gasteiger partial charge < -0.3 is 11.1 Å². The van der Waals surface area contributed by atoms with E-state index in [9.17, 15) is 9.18 Å². The van der Waals surface area contributed by atoms with Gasteiger partial charge in [-0.15, -0.1) is 0 Å². The Morgan fingerprint density at radius 1 is 1.42 bits per heavy atom. The summed E-state index contributed by atoms with van der Waals surface area (Å²) in [5, 5.41) is 3.33. The number of nitrogens with zero attached hydrogens (tertiary/aromatic N) is 1. The SMILES string of the molecule is CC1CNCC(C)N1Cc1cc(C(N)=O)ccc1F. The molecule has 1 amide bonds. The highest BCUT2D eigenvalue weighted by atomic mass is 19.1. The smallest absolute Gasteiger partial charge is 0.248 e. The highest BCUT2D eigenvalue weighted by molar-refractivity contribution is 5.92. The Morgan fingerprint density at radius 2 is 2.05 bits per heavy atom. The molecule has 1 aromatic carbocycles. The van der Waals surface area contributed by atoms with Crippen molar-refractivity contribution in [2.75, 3.05) is 13.1 Å². The number of hydrogen-bond acceptors (Lipinski definition) is 3. The Bertz CT molecular complexity index is 468. The predicted molar refractivity (Wildman–Crippen MR) is 72.3 cm³/mol. The molecule has 2 unspecified atom stereocenters. The average Bonchev–Trinajstić information content (AvgIpc) is 2.35. The molecule has 1 fully saturated rings. The number of rotatable bonds is 3. The van der Waals surface area contributed by atoms with Gasteiger partial charge in [-0.2, -0.15) is 0 Å². The lowest BCUT2D eigenvalue weighted by atomic mass is 10.1. The molecular weight excluding hydrogens is 245 g/mol. The maximum Gasteiger partial charge on any atom is 0.248 e. The molecule has 0 radical (unpaired) electrons. The maximum absolute atomic E-state index is 13.8. The molecule has 104 valence electrons. The Hall–Kier alpha value is -1.46. The highest BCUT2D eigenvalue weighted by Crippen LogP contribution is 2.18. The van der Waals surface area contributed by atoms with E-state index < -0.39 is 5.91 Å². The molecule has 0 aliphatic carbocycles. The summed E-state index contributed by atoms with van der Waals surface area (Å²) in [6.45, 7) is 6.50. The van der Waals surface area contributed by atoms with Gasteiger partial charge in [-0.3, -0.25) is 9.69 Å². The lowest BCUT2D eigenvalue weighted by Gasteiger charge is -2.39. The van der Waals surface area contributed by atoms with Crippen LogP contribution in [0.5, 0.6) is 0 Å². The zero-order valence-corrected chi connectivity index (χ0v) is 11.3. The van der Waals surface area contributed by atoms with Gasteiger partial charge in [0.15, 0.2) is 0 Å². The van der Waals surface area contributed by atoms with Crippen molar-refractivity contribution in [2.45, 2.75) is 32.5 Å². The first kappa shape index (κ1) is 14.0. The number of nitrogens with one attached hydrogen (secondary N) is 1. The highest BCUT2D eigenvalue weighted by Gasteiger charge is 2.25. The predicted octanol–water partition coefficient (Wildman–Crippen LogP) is 1.11. The largest absolute Gasteiger partial charge is 0.366 e. The van der Waals surface area contributed by atoms with Crippen LogP contribution in [-0.4, -0.2) is 36.0 Å². The van der Waals surface area contributed by atoms with E-state index in [4.69, 9.17) is 5.73 Å². The third kappa shape index (κ3) is 3.11. The number of hydrogen-bond donors (Lipinski definition) is 2. The van der Waals surface area contributed by atoms with Gasteiger partial charge in [-0.25, -0.2) is 4.39 Å². The molecule has 2 atom stereocenters. The summed E-state index contributed by atoms with van der Waals surface area (Å²) < 4.78 is 13.8. The Balaban J connectivity index is 2.21. The van der Waals surface area contributed by atoms with Crippen LogP contribution in [0, 0.1) is 5.82 Å². The molecule has 1 aliphatic heterocycles. The summed E-state index contributed by atoms with van der Waals surface area (Å²) in [7, 11) is 0. The van der Waals surface area contributed by atoms with Gasteiger partial charge in [0.2, 0.25) is 5.91 Å². The van der Waals surface area contributed by atoms with Crippen LogP contribution >= 0.6 is 0 Å². The lowest BCUT2D eigenvalue weighted by Crippen LogP contribution is -2.54. The van der Waals surface area contributed by atoms with Gasteiger partial charge in [0.1, 0.15) is 5.82 Å². The first-order valence-corrected chi connectivity index (χ1v) is 6.53. The number of halogens is 1. The molecule has 0 aromatic heterocycles. The molecule has 3 N–H and O–H groups in total. The number of piperazine rings is 1. The van der Waals surface area contributed by atoms with E-state index in [2.05, 4.69) is 24.1 Å². The van der Waals surface area contributed by atoms with E-state index in [1.165, 1.54) is 12.1 Å². The second-order valence-corrected chi connectivity index (χ2v) is 5.20. The Morgan fingerprint density at radius 3 is 2.63 bits per heavy atom. The van der Waals surface area contributed by atoms with Crippen molar-refractivity contribution < 1.29 is 9.18 Å². The van der Waals surface area contributed by atoms with Crippen molar-refractivity contribution in [3.8, 4) is 0 Å². The molecule has 5 heteroatoms. The van der Waals surface area contributed by atoms with E-state index in [1.54, 1.807) is 6.07 Å². The van der Waals surface area contributed by atoms with Crippen molar-refractivity contribution in [1.82, 2.24) is 10.2 Å². The summed E-state index contributed by atoms with van der Waals surface area (Å²) in [5.41, 5.74) is 6.11. The third-order valence-corrected chi connectivity index (χ3v) is 3.69. The van der Waals surface area contributed by atoms with Gasteiger partial charge in [0.25, 0.3) is 0 Å². The lowest BCUT2D eigenvalue weighted by molar-refractivity contribution is 0.0998. The average molecular weight is 265 g/mol. The van der Waals surface area contributed by atoms with Crippen LogP contribution < -0.4 is 11.1 Å². The first-order valence-electron chi connectivity index (χ1n) is 6.53. The maximum atomic E-state index is 13.8. The van der Waals surface area contributed by atoms with E-state index >= 15 is 0 Å². The number of benzene rings is 1. The van der Waals surface area contributed by atoms with E-state index in [-0.39, 0.29) is 5.82 Å². The minimum absolute atomic E-state index is 0.289. The van der Waals surface area contributed by atoms with Crippen LogP contribution in [0.3, 0.4) is 0 Å². The van der Waals surface area contributed by atoms with Gasteiger partial charge >= 0.3 is 0 Å². The normalized spacial score (nSPS) is 24.4. The van der Waals surface area contributed by atoms with Crippen LogP contribution in [-0.2, 0) is 6.54 Å². The fourth-order valence-electron chi connectivity index (χ4n) is 2.53. The molecule has 4 nitrogen and oxygen atoms in total. The molecule has 0 saturated carbocycles. The molecule has 0 bridgehead atoms. The van der Waals surface area contributed by atoms with E-state index in [0.29, 0.717) is 29.8 Å². The van der Waals surface area contributed by atoms with Crippen molar-refractivity contribution in [1.29, 1.82) is 0 Å². The summed E-state index contributed by atoms with van der Waals surface area (Å²) in [6.07, 6.45) is 0. The van der Waals surface area contributed by atoms with Crippen LogP contribution in [0.15, 0.2) is 18.2 Å². The number of carbonyl (C=O) groups excluding carboxylic acids is 1. The molecule has 2 rings (SSSR count). The van der Waals surface area contributed by atoms with Gasteiger partial charge in [0, 0.05) is 42.8 Å². The fraction of sp³-hybridized carbons (Fsp3) is 0.500. The summed E-state index contributed by atoms with van der Waals surface area (Å²) in [6, 6.07) is 4.96. The van der Waals surface area contributed by atoms with Crippen molar-refractivity contribution in [3.63, 3.8) is 0 Å². The molecular formula is C14H20FN3O. The molecule has 19 heavy (non-hydrogen) atoms. The van der Waals surface area contributed by atoms with Crippen molar-refractivity contribution in [2.24, 2.45) is 5.73 Å². The first-order chi connectivity index (χ1) is 8.99. The van der Waals surface area contributed by atoms with Crippen LogP contribution in [0.1, 0.15) is 29.8 Å². The fourth-order valence-corrected chi connectivity index (χ4v) is 2.53. The molecule has 0 spiro atoms. The zero-order valence-electron chi connectivity index (χ0n) is 11.3. The van der Waals surface area contributed by atoms with Crippen molar-refractivity contribution in [3.05, 3.63) is 35.1 Å². The third-order valence-electron chi connectivity index (χ3n) is 3.69. The molecule has 1 heterocycles. The number of carbonyl (C=O) groups is 1. The van der Waals surface area contributed by atoms with Crippen LogP contribution in [0.25, 0.3) is 0 Å². The minimum Gasteiger partial charge on any atom is -0.366 e. The monoisotopic (exact) mass is 265 g/mol. The van der Waals surface area contributed by atoms with Crippen LogP contribution in [0.4, 0.5) is 4.39 Å². The summed E-state index contributed by atoms with van der Waals surface area (Å²) in [4.78, 5) is 13.4. The summed E-state index contributed by atoms with van der Waals surface area (Å²) >= 11 is 0. The second kappa shape index (κ2) is 5.67. The zero-order chi connectivity index (χ0) is 14.0. The Kier molecular flexibility index (Phi) is 4.17. The molecule has 1 aliphatic rings. The van der Waals surface area contributed by atoms with Gasteiger partial charge in [-0.05, 0) is 32.0 Å². The quantitative estimate of drug-likeness (QED) is 0.860. The van der Waals surface area contributed by atoms with E-state index in [0.717, 1.165) is 13.1 Å².